The van der Waals surface area contributed by atoms with Gasteiger partial charge in [0.25, 0.3) is 5.56 Å². The molecular weight excluding hydrogens is 601 g/mol. The molecule has 0 spiro atoms. The second kappa shape index (κ2) is 12.9. The van der Waals surface area contributed by atoms with Crippen molar-refractivity contribution in [2.24, 2.45) is 12.8 Å². The van der Waals surface area contributed by atoms with Gasteiger partial charge in [0.2, 0.25) is 5.89 Å². The van der Waals surface area contributed by atoms with Crippen LogP contribution in [-0.2, 0) is 26.7 Å². The Balaban J connectivity index is 0.00000202. The normalized spacial score (nSPS) is 14.9. The molecule has 0 radical (unpaired) electrons. The largest absolute Gasteiger partial charge is 0.445 e. The van der Waals surface area contributed by atoms with Crippen molar-refractivity contribution >= 4 is 47.4 Å². The van der Waals surface area contributed by atoms with Gasteiger partial charge in [-0.3, -0.25) is 18.9 Å². The molecule has 0 aliphatic carbocycles. The summed E-state index contributed by atoms with van der Waals surface area (Å²) in [6.07, 6.45) is 5.69. The third kappa shape index (κ3) is 6.24. The number of likely N-dealkylation sites (tertiary alicyclic amines) is 1. The molecule has 42 heavy (non-hydrogen) atoms. The first-order chi connectivity index (χ1) is 19.3. The number of benzene rings is 2. The molecule has 1 aliphatic rings. The van der Waals surface area contributed by atoms with Crippen LogP contribution >= 0.6 is 36.4 Å². The van der Waals surface area contributed by atoms with Crippen LogP contribution in [0.5, 0.6) is 0 Å². The van der Waals surface area contributed by atoms with Gasteiger partial charge in [0.1, 0.15) is 11.8 Å². The van der Waals surface area contributed by atoms with Gasteiger partial charge in [0.15, 0.2) is 5.52 Å². The molecule has 3 aromatic heterocycles. The van der Waals surface area contributed by atoms with E-state index in [4.69, 9.17) is 21.8 Å². The quantitative estimate of drug-likeness (QED) is 0.270. The van der Waals surface area contributed by atoms with E-state index in [0.29, 0.717) is 55.5 Å². The Morgan fingerprint density at radius 3 is 2.40 bits per heavy atom. The SMILES string of the molecule is Cl.Cl.Cn1nc2c(=O)n(CC3(O)CCN(Cc4ccc(-c5ncco5)cc4Cl)CC3)cnc2c1-c1ccc(CN)cc1. The first-order valence-electron chi connectivity index (χ1n) is 13.2. The molecule has 4 heterocycles. The average Bonchev–Trinajstić information content (AvgIpc) is 3.61. The Morgan fingerprint density at radius 1 is 1.05 bits per heavy atom. The fraction of sp³-hybridized carbons (Fsp3) is 0.310. The molecule has 1 saturated heterocycles. The number of aryl methyl sites for hydroxylation is 1. The minimum atomic E-state index is -1.02. The van der Waals surface area contributed by atoms with Crippen LogP contribution in [0.3, 0.4) is 0 Å². The maximum absolute atomic E-state index is 13.4. The summed E-state index contributed by atoms with van der Waals surface area (Å²) in [6, 6.07) is 13.6. The summed E-state index contributed by atoms with van der Waals surface area (Å²) in [5, 5.41) is 16.5. The maximum Gasteiger partial charge on any atom is 0.281 e. The van der Waals surface area contributed by atoms with Gasteiger partial charge in [-0.2, -0.15) is 5.10 Å². The summed E-state index contributed by atoms with van der Waals surface area (Å²) in [5.41, 5.74) is 9.78. The standard InChI is InChI=1S/C29H30ClN7O3.2ClH/c1-35-26(20-4-2-19(15-31)3-5-20)24-25(34-35)28(38)37(18-33-24)17-29(39)8-11-36(12-9-29)16-22-7-6-21(14-23(22)30)27-32-10-13-40-27;;/h2-7,10,13-14,18,39H,8-9,11-12,15-17,31H2,1H3;2*1H. The van der Waals surface area contributed by atoms with E-state index < -0.39 is 5.60 Å². The lowest BCUT2D eigenvalue weighted by atomic mass is 9.91. The number of fused-ring (bicyclic) bond motifs is 1. The summed E-state index contributed by atoms with van der Waals surface area (Å²) in [4.78, 5) is 24.4. The molecule has 0 saturated carbocycles. The van der Waals surface area contributed by atoms with Crippen molar-refractivity contribution < 1.29 is 9.52 Å². The van der Waals surface area contributed by atoms with Crippen LogP contribution in [0.1, 0.15) is 24.0 Å². The highest BCUT2D eigenvalue weighted by Crippen LogP contribution is 2.30. The van der Waals surface area contributed by atoms with Gasteiger partial charge in [-0.1, -0.05) is 41.9 Å². The van der Waals surface area contributed by atoms with E-state index >= 15 is 0 Å². The van der Waals surface area contributed by atoms with Gasteiger partial charge in [0.05, 0.1) is 30.4 Å². The minimum Gasteiger partial charge on any atom is -0.445 e. The molecule has 6 rings (SSSR count). The van der Waals surface area contributed by atoms with Gasteiger partial charge in [0, 0.05) is 49.4 Å². The summed E-state index contributed by atoms with van der Waals surface area (Å²) >= 11 is 6.56. The molecular formula is C29H32Cl3N7O3. The molecule has 0 amide bonds. The van der Waals surface area contributed by atoms with Crippen molar-refractivity contribution in [1.29, 1.82) is 0 Å². The lowest BCUT2D eigenvalue weighted by Crippen LogP contribution is -2.47. The highest BCUT2D eigenvalue weighted by atomic mass is 35.5. The zero-order valence-corrected chi connectivity index (χ0v) is 25.3. The van der Waals surface area contributed by atoms with Gasteiger partial charge >= 0.3 is 0 Å². The van der Waals surface area contributed by atoms with E-state index in [2.05, 4.69) is 20.0 Å². The first-order valence-corrected chi connectivity index (χ1v) is 13.6. The van der Waals surface area contributed by atoms with Crippen LogP contribution in [0.2, 0.25) is 5.02 Å². The highest BCUT2D eigenvalue weighted by Gasteiger charge is 2.33. The van der Waals surface area contributed by atoms with E-state index in [9.17, 15) is 9.90 Å². The average molecular weight is 633 g/mol. The number of piperidine rings is 1. The Morgan fingerprint density at radius 2 is 1.76 bits per heavy atom. The van der Waals surface area contributed by atoms with E-state index in [-0.39, 0.29) is 42.4 Å². The number of aromatic nitrogens is 5. The monoisotopic (exact) mass is 631 g/mol. The number of halogens is 3. The van der Waals surface area contributed by atoms with E-state index in [1.165, 1.54) is 17.2 Å². The van der Waals surface area contributed by atoms with Crippen molar-refractivity contribution in [1.82, 2.24) is 29.2 Å². The van der Waals surface area contributed by atoms with E-state index in [1.54, 1.807) is 17.9 Å². The number of aliphatic hydroxyl groups is 1. The number of nitrogens with two attached hydrogens (primary N) is 1. The molecule has 13 heteroatoms. The predicted molar refractivity (Wildman–Crippen MR) is 167 cm³/mol. The van der Waals surface area contributed by atoms with Crippen LogP contribution in [0, 0.1) is 0 Å². The molecule has 1 fully saturated rings. The van der Waals surface area contributed by atoms with E-state index in [1.807, 2.05) is 42.5 Å². The van der Waals surface area contributed by atoms with Crippen LogP contribution in [0.25, 0.3) is 33.7 Å². The van der Waals surface area contributed by atoms with Gasteiger partial charge in [-0.05, 0) is 36.1 Å². The Hall–Kier alpha value is -3.25. The van der Waals surface area contributed by atoms with Crippen molar-refractivity contribution in [2.45, 2.75) is 38.1 Å². The molecule has 10 nitrogen and oxygen atoms in total. The maximum atomic E-state index is 13.4. The molecule has 5 aromatic rings. The number of oxazole rings is 1. The molecule has 0 atom stereocenters. The minimum absolute atomic E-state index is 0. The zero-order valence-electron chi connectivity index (χ0n) is 22.9. The van der Waals surface area contributed by atoms with Crippen LogP contribution in [0.15, 0.2) is 70.5 Å². The van der Waals surface area contributed by atoms with Gasteiger partial charge in [-0.15, -0.1) is 24.8 Å². The molecule has 1 aliphatic heterocycles. The molecule has 222 valence electrons. The van der Waals surface area contributed by atoms with Gasteiger partial charge in [-0.25, -0.2) is 9.97 Å². The summed E-state index contributed by atoms with van der Waals surface area (Å²) in [6.45, 7) is 2.63. The summed E-state index contributed by atoms with van der Waals surface area (Å²) in [7, 11) is 1.80. The van der Waals surface area contributed by atoms with Crippen LogP contribution in [0.4, 0.5) is 0 Å². The zero-order chi connectivity index (χ0) is 27.9. The smallest absolute Gasteiger partial charge is 0.281 e. The van der Waals surface area contributed by atoms with Crippen LogP contribution < -0.4 is 11.3 Å². The van der Waals surface area contributed by atoms with Crippen molar-refractivity contribution in [3.63, 3.8) is 0 Å². The van der Waals surface area contributed by atoms with Crippen molar-refractivity contribution in [3.8, 4) is 22.7 Å². The van der Waals surface area contributed by atoms with Crippen LogP contribution in [-0.4, -0.2) is 53.0 Å². The molecule has 2 aromatic carbocycles. The fourth-order valence-corrected chi connectivity index (χ4v) is 5.59. The Labute approximate surface area is 259 Å². The Bertz CT molecular complexity index is 1710. The topological polar surface area (TPSA) is 128 Å². The lowest BCUT2D eigenvalue weighted by Gasteiger charge is -2.38. The van der Waals surface area contributed by atoms with E-state index in [0.717, 1.165) is 27.9 Å². The summed E-state index contributed by atoms with van der Waals surface area (Å²) in [5.74, 6) is 0.530. The number of hydrogen-bond acceptors (Lipinski definition) is 8. The molecule has 0 unspecified atom stereocenters. The second-order valence-electron chi connectivity index (χ2n) is 10.4. The number of hydrogen-bond donors (Lipinski definition) is 2. The highest BCUT2D eigenvalue weighted by molar-refractivity contribution is 6.31. The second-order valence-corrected chi connectivity index (χ2v) is 10.8. The van der Waals surface area contributed by atoms with Crippen molar-refractivity contribution in [3.05, 3.63) is 87.8 Å². The van der Waals surface area contributed by atoms with Crippen molar-refractivity contribution in [2.75, 3.05) is 13.1 Å². The molecule has 0 bridgehead atoms. The van der Waals surface area contributed by atoms with Gasteiger partial charge < -0.3 is 15.3 Å². The first kappa shape index (κ1) is 31.7. The fourth-order valence-electron chi connectivity index (χ4n) is 5.35. The predicted octanol–water partition coefficient (Wildman–Crippen LogP) is 4.43. The third-order valence-electron chi connectivity index (χ3n) is 7.65. The third-order valence-corrected chi connectivity index (χ3v) is 8.00. The Kier molecular flexibility index (Phi) is 9.77. The lowest BCUT2D eigenvalue weighted by molar-refractivity contribution is -0.0364. The number of rotatable bonds is 7. The number of nitrogens with zero attached hydrogens (tertiary/aromatic N) is 6. The molecule has 3 N–H and O–H groups in total. The summed E-state index contributed by atoms with van der Waals surface area (Å²) < 4.78 is 8.51.